The molecule has 2 aromatic rings. The van der Waals surface area contributed by atoms with Gasteiger partial charge in [0.25, 0.3) is 0 Å². The van der Waals surface area contributed by atoms with Crippen molar-refractivity contribution in [1.82, 2.24) is 10.6 Å². The zero-order chi connectivity index (χ0) is 19.3. The number of carbonyl (C=O) groups is 2. The van der Waals surface area contributed by atoms with Gasteiger partial charge in [-0.3, -0.25) is 10.6 Å². The third-order valence-corrected chi connectivity index (χ3v) is 5.14. The van der Waals surface area contributed by atoms with E-state index in [1.807, 2.05) is 36.4 Å². The van der Waals surface area contributed by atoms with Crippen molar-refractivity contribution in [3.63, 3.8) is 0 Å². The lowest BCUT2D eigenvalue weighted by Crippen LogP contribution is -2.23. The van der Waals surface area contributed by atoms with Crippen molar-refractivity contribution >= 4 is 11.9 Å². The maximum Gasteiger partial charge on any atom is 0.340 e. The van der Waals surface area contributed by atoms with Gasteiger partial charge in [-0.1, -0.05) is 49.2 Å². The Kier molecular flexibility index (Phi) is 5.69. The second-order valence-electron chi connectivity index (χ2n) is 7.07. The van der Waals surface area contributed by atoms with E-state index in [9.17, 15) is 9.59 Å². The van der Waals surface area contributed by atoms with Crippen molar-refractivity contribution in [2.75, 3.05) is 13.1 Å². The maximum absolute atomic E-state index is 11.8. The first-order valence-electron chi connectivity index (χ1n) is 9.80. The zero-order valence-electron chi connectivity index (χ0n) is 15.6. The van der Waals surface area contributed by atoms with Crippen molar-refractivity contribution in [3.8, 4) is 0 Å². The van der Waals surface area contributed by atoms with Gasteiger partial charge in [0.05, 0.1) is 11.1 Å². The van der Waals surface area contributed by atoms with Crippen molar-refractivity contribution < 1.29 is 19.1 Å². The molecule has 2 atom stereocenters. The molecule has 2 aromatic carbocycles. The summed E-state index contributed by atoms with van der Waals surface area (Å²) in [6.45, 7) is 1.60. The van der Waals surface area contributed by atoms with E-state index in [0.29, 0.717) is 11.1 Å². The number of fused-ring (bicyclic) bond motifs is 2. The van der Waals surface area contributed by atoms with E-state index in [2.05, 4.69) is 10.6 Å². The molecule has 6 nitrogen and oxygen atoms in total. The van der Waals surface area contributed by atoms with E-state index in [-0.39, 0.29) is 24.4 Å². The summed E-state index contributed by atoms with van der Waals surface area (Å²) >= 11 is 0. The molecule has 2 aliphatic heterocycles. The highest BCUT2D eigenvalue weighted by Gasteiger charge is 2.30. The first-order chi connectivity index (χ1) is 13.7. The number of ether oxygens (including phenoxy) is 2. The molecule has 2 N–H and O–H groups in total. The van der Waals surface area contributed by atoms with Gasteiger partial charge in [-0.25, -0.2) is 9.59 Å². The van der Waals surface area contributed by atoms with E-state index >= 15 is 0 Å². The van der Waals surface area contributed by atoms with E-state index in [0.717, 1.165) is 49.9 Å². The smallest absolute Gasteiger partial charge is 0.340 e. The molecular formula is C22H24N2O4. The lowest BCUT2D eigenvalue weighted by atomic mass is 10.1. The number of carbonyl (C=O) groups excluding carboxylic acids is 2. The van der Waals surface area contributed by atoms with Crippen molar-refractivity contribution in [1.29, 1.82) is 0 Å². The number of unbranched alkanes of at least 4 members (excludes halogenated alkanes) is 3. The summed E-state index contributed by atoms with van der Waals surface area (Å²) in [5.41, 5.74) is 3.15. The topological polar surface area (TPSA) is 76.7 Å². The molecular weight excluding hydrogens is 356 g/mol. The predicted molar refractivity (Wildman–Crippen MR) is 104 cm³/mol. The molecule has 0 spiro atoms. The summed E-state index contributed by atoms with van der Waals surface area (Å²) in [5, 5.41) is 6.61. The van der Waals surface area contributed by atoms with Crippen LogP contribution in [0.15, 0.2) is 48.5 Å². The molecule has 0 aliphatic carbocycles. The summed E-state index contributed by atoms with van der Waals surface area (Å²) < 4.78 is 10.7. The minimum Gasteiger partial charge on any atom is -0.439 e. The fourth-order valence-electron chi connectivity index (χ4n) is 3.66. The van der Waals surface area contributed by atoms with Crippen molar-refractivity contribution in [2.24, 2.45) is 0 Å². The minimum atomic E-state index is -0.331. The summed E-state index contributed by atoms with van der Waals surface area (Å²) in [7, 11) is 0. The number of hydrogen-bond acceptors (Lipinski definition) is 6. The first kappa shape index (κ1) is 18.7. The SMILES string of the molecule is O=C1OC(NCCCCCCNC2OC(=O)c3ccccc32)c2ccccc21. The van der Waals surface area contributed by atoms with Crippen molar-refractivity contribution in [3.05, 3.63) is 70.8 Å². The highest BCUT2D eigenvalue weighted by molar-refractivity contribution is 5.94. The zero-order valence-corrected chi connectivity index (χ0v) is 15.6. The summed E-state index contributed by atoms with van der Waals surface area (Å²) in [5.74, 6) is -0.512. The molecule has 146 valence electrons. The van der Waals surface area contributed by atoms with E-state index in [1.54, 1.807) is 12.1 Å². The summed E-state index contributed by atoms with van der Waals surface area (Å²) in [6, 6.07) is 15.0. The van der Waals surface area contributed by atoms with Crippen LogP contribution in [0.5, 0.6) is 0 Å². The van der Waals surface area contributed by atoms with E-state index in [1.165, 1.54) is 0 Å². The van der Waals surface area contributed by atoms with Crippen LogP contribution in [0.1, 0.15) is 70.0 Å². The van der Waals surface area contributed by atoms with Gasteiger partial charge in [0.1, 0.15) is 0 Å². The molecule has 2 aliphatic rings. The summed E-state index contributed by atoms with van der Waals surface area (Å²) in [4.78, 5) is 23.6. The van der Waals surface area contributed by atoms with Crippen LogP contribution in [0.25, 0.3) is 0 Å². The van der Waals surface area contributed by atoms with Gasteiger partial charge in [0, 0.05) is 11.1 Å². The molecule has 0 saturated heterocycles. The summed E-state index contributed by atoms with van der Waals surface area (Å²) in [6.07, 6.45) is 3.52. The number of rotatable bonds is 9. The Labute approximate surface area is 164 Å². The van der Waals surface area contributed by atoms with Crippen LogP contribution >= 0.6 is 0 Å². The lowest BCUT2D eigenvalue weighted by Gasteiger charge is -2.13. The lowest BCUT2D eigenvalue weighted by molar-refractivity contribution is 0.0296. The number of cyclic esters (lactones) is 2. The Morgan fingerprint density at radius 3 is 1.54 bits per heavy atom. The molecule has 2 unspecified atom stereocenters. The number of esters is 2. The highest BCUT2D eigenvalue weighted by Crippen LogP contribution is 2.29. The van der Waals surface area contributed by atoms with Crippen LogP contribution in [-0.4, -0.2) is 25.0 Å². The van der Waals surface area contributed by atoms with E-state index in [4.69, 9.17) is 9.47 Å². The fraction of sp³-hybridized carbons (Fsp3) is 0.364. The Bertz CT molecular complexity index is 796. The fourth-order valence-corrected chi connectivity index (χ4v) is 3.66. The van der Waals surface area contributed by atoms with Gasteiger partial charge >= 0.3 is 11.9 Å². The monoisotopic (exact) mass is 380 g/mol. The molecule has 0 aromatic heterocycles. The van der Waals surface area contributed by atoms with Crippen LogP contribution in [0.2, 0.25) is 0 Å². The Hall–Kier alpha value is -2.70. The largest absolute Gasteiger partial charge is 0.439 e. The minimum absolute atomic E-state index is 0.256. The number of nitrogens with one attached hydrogen (secondary N) is 2. The van der Waals surface area contributed by atoms with Gasteiger partial charge in [-0.05, 0) is 38.1 Å². The molecule has 0 bridgehead atoms. The maximum atomic E-state index is 11.8. The van der Waals surface area contributed by atoms with Gasteiger partial charge in [-0.2, -0.15) is 0 Å². The quantitative estimate of drug-likeness (QED) is 0.512. The van der Waals surface area contributed by atoms with Crippen molar-refractivity contribution in [2.45, 2.75) is 38.1 Å². The molecule has 6 heteroatoms. The average Bonchev–Trinajstić information content (AvgIpc) is 3.22. The van der Waals surface area contributed by atoms with Gasteiger partial charge in [0.15, 0.2) is 12.5 Å². The molecule has 28 heavy (non-hydrogen) atoms. The number of hydrogen-bond donors (Lipinski definition) is 2. The molecule has 2 heterocycles. The van der Waals surface area contributed by atoms with Gasteiger partial charge in [0.2, 0.25) is 0 Å². The van der Waals surface area contributed by atoms with Crippen LogP contribution in [0, 0.1) is 0 Å². The second kappa shape index (κ2) is 8.54. The molecule has 0 fully saturated rings. The predicted octanol–water partition coefficient (Wildman–Crippen LogP) is 3.46. The standard InChI is InChI=1S/C22H24N2O4/c25-21-17-11-5-3-9-15(17)19(27-21)23-13-7-1-2-8-14-24-20-16-10-4-6-12-18(16)22(26)28-20/h3-6,9-12,19-20,23-24H,1-2,7-8,13-14H2. The molecule has 0 amide bonds. The molecule has 0 radical (unpaired) electrons. The van der Waals surface area contributed by atoms with Crippen LogP contribution in [0.3, 0.4) is 0 Å². The van der Waals surface area contributed by atoms with Gasteiger partial charge < -0.3 is 9.47 Å². The molecule has 4 rings (SSSR count). The van der Waals surface area contributed by atoms with Crippen LogP contribution < -0.4 is 10.6 Å². The third kappa shape index (κ3) is 3.93. The Morgan fingerprint density at radius 2 is 1.07 bits per heavy atom. The first-order valence-corrected chi connectivity index (χ1v) is 9.80. The average molecular weight is 380 g/mol. The van der Waals surface area contributed by atoms with Crippen LogP contribution in [-0.2, 0) is 9.47 Å². The third-order valence-electron chi connectivity index (χ3n) is 5.14. The highest BCUT2D eigenvalue weighted by atomic mass is 16.6. The van der Waals surface area contributed by atoms with Gasteiger partial charge in [-0.15, -0.1) is 0 Å². The Morgan fingerprint density at radius 1 is 0.643 bits per heavy atom. The second-order valence-corrected chi connectivity index (χ2v) is 7.07. The van der Waals surface area contributed by atoms with Crippen LogP contribution in [0.4, 0.5) is 0 Å². The normalized spacial score (nSPS) is 19.9. The number of benzene rings is 2. The Balaban J connectivity index is 1.10. The van der Waals surface area contributed by atoms with E-state index < -0.39 is 0 Å². The molecule has 0 saturated carbocycles.